The van der Waals surface area contributed by atoms with Gasteiger partial charge in [-0.3, -0.25) is 0 Å². The molecule has 32 heavy (non-hydrogen) atoms. The van der Waals surface area contributed by atoms with Crippen LogP contribution in [0.4, 0.5) is 9.59 Å². The molecular weight excluding hydrogens is 472 g/mol. The second-order valence-corrected chi connectivity index (χ2v) is 11.9. The summed E-state index contributed by atoms with van der Waals surface area (Å²) in [6, 6.07) is 8.52. The van der Waals surface area contributed by atoms with Crippen LogP contribution in [0.3, 0.4) is 0 Å². The number of benzene rings is 1. The third-order valence-electron chi connectivity index (χ3n) is 5.80. The van der Waals surface area contributed by atoms with Gasteiger partial charge in [-0.2, -0.15) is 0 Å². The number of carbonyl (C=O) groups excluding carboxylic acids is 2. The monoisotopic (exact) mass is 508 g/mol. The molecule has 1 aliphatic carbocycles. The normalized spacial score (nSPS) is 21.8. The lowest BCUT2D eigenvalue weighted by molar-refractivity contribution is 0.00849. The van der Waals surface area contributed by atoms with Crippen molar-refractivity contribution in [1.82, 2.24) is 9.80 Å². The molecule has 3 rings (SSSR count). The summed E-state index contributed by atoms with van der Waals surface area (Å²) < 4.78 is 12.3. The second-order valence-electron chi connectivity index (χ2n) is 11.0. The second kappa shape index (κ2) is 9.62. The zero-order chi connectivity index (χ0) is 23.7. The zero-order valence-electron chi connectivity index (χ0n) is 20.2. The highest BCUT2D eigenvalue weighted by atomic mass is 79.9. The van der Waals surface area contributed by atoms with Crippen LogP contribution in [0.15, 0.2) is 28.7 Å². The summed E-state index contributed by atoms with van der Waals surface area (Å²) in [7, 11) is 0. The van der Waals surface area contributed by atoms with Gasteiger partial charge in [0.1, 0.15) is 11.2 Å². The molecule has 1 saturated carbocycles. The van der Waals surface area contributed by atoms with Gasteiger partial charge >= 0.3 is 12.2 Å². The van der Waals surface area contributed by atoms with Crippen molar-refractivity contribution in [3.63, 3.8) is 0 Å². The Morgan fingerprint density at radius 2 is 1.56 bits per heavy atom. The fourth-order valence-corrected chi connectivity index (χ4v) is 4.43. The largest absolute Gasteiger partial charge is 0.444 e. The number of ether oxygens (including phenoxy) is 2. The fourth-order valence-electron chi connectivity index (χ4n) is 4.16. The maximum absolute atomic E-state index is 13.1. The molecule has 1 heterocycles. The van der Waals surface area contributed by atoms with Crippen LogP contribution in [0.1, 0.15) is 72.3 Å². The summed E-state index contributed by atoms with van der Waals surface area (Å²) in [6.07, 6.45) is 2.18. The van der Waals surface area contributed by atoms with Crippen LogP contribution in [-0.4, -0.2) is 58.9 Å². The highest BCUT2D eigenvalue weighted by Crippen LogP contribution is 2.46. The molecular formula is C25H37BrN2O4. The Morgan fingerprint density at radius 3 is 2.09 bits per heavy atom. The molecule has 2 amide bonds. The van der Waals surface area contributed by atoms with Gasteiger partial charge in [0.15, 0.2) is 0 Å². The topological polar surface area (TPSA) is 59.1 Å². The van der Waals surface area contributed by atoms with Crippen molar-refractivity contribution in [2.24, 2.45) is 5.92 Å². The van der Waals surface area contributed by atoms with E-state index in [0.717, 1.165) is 23.7 Å². The SMILES string of the molecule is CC(C)(C)OC(=O)N1CCC(CN(C(=O)OC(C)(C)C)[C@H]2C[C@@H]2c2ccc(Br)cc2)CC1. The number of halogens is 1. The molecule has 0 bridgehead atoms. The Hall–Kier alpha value is -1.76. The lowest BCUT2D eigenvalue weighted by Gasteiger charge is -2.36. The molecule has 2 atom stereocenters. The summed E-state index contributed by atoms with van der Waals surface area (Å²) in [4.78, 5) is 29.2. The molecule has 0 aromatic heterocycles. The quantitative estimate of drug-likeness (QED) is 0.486. The molecule has 1 aliphatic heterocycles. The Labute approximate surface area is 200 Å². The van der Waals surface area contributed by atoms with Crippen molar-refractivity contribution in [3.8, 4) is 0 Å². The van der Waals surface area contributed by atoms with Crippen LogP contribution >= 0.6 is 15.9 Å². The van der Waals surface area contributed by atoms with E-state index in [1.54, 1.807) is 4.90 Å². The van der Waals surface area contributed by atoms with Crippen molar-refractivity contribution in [1.29, 1.82) is 0 Å². The summed E-state index contributed by atoms with van der Waals surface area (Å²) >= 11 is 3.49. The van der Waals surface area contributed by atoms with Crippen molar-refractivity contribution < 1.29 is 19.1 Å². The van der Waals surface area contributed by atoms with E-state index in [1.807, 2.05) is 46.4 Å². The third kappa shape index (κ3) is 7.12. The molecule has 2 aliphatic rings. The number of rotatable bonds is 4. The first-order valence-corrected chi connectivity index (χ1v) is 12.3. The minimum Gasteiger partial charge on any atom is -0.444 e. The highest BCUT2D eigenvalue weighted by molar-refractivity contribution is 9.10. The average molecular weight is 509 g/mol. The zero-order valence-corrected chi connectivity index (χ0v) is 21.8. The van der Waals surface area contributed by atoms with Gasteiger partial charge in [-0.15, -0.1) is 0 Å². The Morgan fingerprint density at radius 1 is 1.00 bits per heavy atom. The lowest BCUT2D eigenvalue weighted by Crippen LogP contribution is -2.46. The van der Waals surface area contributed by atoms with Crippen LogP contribution < -0.4 is 0 Å². The van der Waals surface area contributed by atoms with Gasteiger partial charge in [0, 0.05) is 36.1 Å². The van der Waals surface area contributed by atoms with Crippen LogP contribution in [0, 0.1) is 5.92 Å². The van der Waals surface area contributed by atoms with Gasteiger partial charge in [-0.05, 0) is 84.4 Å². The van der Waals surface area contributed by atoms with Crippen LogP contribution in [0.5, 0.6) is 0 Å². The Kier molecular flexibility index (Phi) is 7.48. The van der Waals surface area contributed by atoms with E-state index >= 15 is 0 Å². The molecule has 178 valence electrons. The number of hydrogen-bond acceptors (Lipinski definition) is 4. The van der Waals surface area contributed by atoms with Gasteiger partial charge < -0.3 is 19.3 Å². The molecule has 0 radical (unpaired) electrons. The first-order valence-electron chi connectivity index (χ1n) is 11.6. The molecule has 0 N–H and O–H groups in total. The predicted octanol–water partition coefficient (Wildman–Crippen LogP) is 6.19. The first kappa shape index (κ1) is 24.9. The van der Waals surface area contributed by atoms with Gasteiger partial charge in [0.25, 0.3) is 0 Å². The third-order valence-corrected chi connectivity index (χ3v) is 6.33. The summed E-state index contributed by atoms with van der Waals surface area (Å²) in [5, 5.41) is 0. The lowest BCUT2D eigenvalue weighted by atomic mass is 9.96. The molecule has 7 heteroatoms. The molecule has 1 saturated heterocycles. The molecule has 6 nitrogen and oxygen atoms in total. The Bertz CT molecular complexity index is 805. The number of nitrogens with zero attached hydrogens (tertiary/aromatic N) is 2. The van der Waals surface area contributed by atoms with E-state index in [2.05, 4.69) is 40.2 Å². The number of piperidine rings is 1. The number of carbonyl (C=O) groups is 2. The first-order chi connectivity index (χ1) is 14.8. The van der Waals surface area contributed by atoms with E-state index in [0.29, 0.717) is 31.5 Å². The molecule has 0 spiro atoms. The molecule has 1 aromatic rings. The van der Waals surface area contributed by atoms with Crippen molar-refractivity contribution >= 4 is 28.1 Å². The van der Waals surface area contributed by atoms with Crippen molar-refractivity contribution in [2.75, 3.05) is 19.6 Å². The summed E-state index contributed by atoms with van der Waals surface area (Å²) in [6.45, 7) is 13.3. The number of amides is 2. The molecule has 1 aromatic carbocycles. The standard InChI is InChI=1S/C25H37BrN2O4/c1-24(2,3)31-22(29)27-13-11-17(12-14-27)16-28(23(30)32-25(4,5)6)21-15-20(21)18-7-9-19(26)10-8-18/h7-10,17,20-21H,11-16H2,1-6H3/t20-,21+/m1/s1. The smallest absolute Gasteiger partial charge is 0.410 e. The summed E-state index contributed by atoms with van der Waals surface area (Å²) in [5.74, 6) is 0.685. The van der Waals surface area contributed by atoms with Gasteiger partial charge in [-0.1, -0.05) is 28.1 Å². The van der Waals surface area contributed by atoms with Crippen LogP contribution in [-0.2, 0) is 9.47 Å². The number of hydrogen-bond donors (Lipinski definition) is 0. The van der Waals surface area contributed by atoms with Crippen molar-refractivity contribution in [3.05, 3.63) is 34.3 Å². The minimum atomic E-state index is -0.530. The van der Waals surface area contributed by atoms with E-state index < -0.39 is 11.2 Å². The molecule has 0 unspecified atom stereocenters. The molecule has 2 fully saturated rings. The van der Waals surface area contributed by atoms with Crippen LogP contribution in [0.2, 0.25) is 0 Å². The minimum absolute atomic E-state index is 0.162. The van der Waals surface area contributed by atoms with E-state index in [4.69, 9.17) is 9.47 Å². The highest BCUT2D eigenvalue weighted by Gasteiger charge is 2.46. The number of likely N-dealkylation sites (tertiary alicyclic amines) is 1. The fraction of sp³-hybridized carbons (Fsp3) is 0.680. The van der Waals surface area contributed by atoms with Crippen molar-refractivity contribution in [2.45, 2.75) is 84.0 Å². The van der Waals surface area contributed by atoms with Gasteiger partial charge in [0.05, 0.1) is 0 Å². The predicted molar refractivity (Wildman–Crippen MR) is 129 cm³/mol. The average Bonchev–Trinajstić information content (AvgIpc) is 3.44. The van der Waals surface area contributed by atoms with Gasteiger partial charge in [-0.25, -0.2) is 9.59 Å². The van der Waals surface area contributed by atoms with E-state index in [9.17, 15) is 9.59 Å². The Balaban J connectivity index is 1.62. The van der Waals surface area contributed by atoms with E-state index in [1.165, 1.54) is 5.56 Å². The maximum atomic E-state index is 13.1. The van der Waals surface area contributed by atoms with Gasteiger partial charge in [0.2, 0.25) is 0 Å². The van der Waals surface area contributed by atoms with E-state index in [-0.39, 0.29) is 18.2 Å². The summed E-state index contributed by atoms with van der Waals surface area (Å²) in [5.41, 5.74) is 0.235. The maximum Gasteiger partial charge on any atom is 0.410 e. The van der Waals surface area contributed by atoms with Crippen LogP contribution in [0.25, 0.3) is 0 Å².